The Morgan fingerprint density at radius 3 is 1.69 bits per heavy atom. The van der Waals surface area contributed by atoms with Gasteiger partial charge >= 0.3 is 11.9 Å². The molecule has 5 nitrogen and oxygen atoms in total. The Morgan fingerprint density at radius 1 is 0.938 bits per heavy atom. The summed E-state index contributed by atoms with van der Waals surface area (Å²) in [6.45, 7) is 5.29. The highest BCUT2D eigenvalue weighted by atomic mass is 16.6. The Labute approximate surface area is 95.1 Å². The minimum absolute atomic E-state index is 0.133. The lowest BCUT2D eigenvalue weighted by Gasteiger charge is -2.12. The molecule has 0 aromatic rings. The summed E-state index contributed by atoms with van der Waals surface area (Å²) in [6.07, 6.45) is 0.746. The number of hydrogen-bond acceptors (Lipinski definition) is 5. The van der Waals surface area contributed by atoms with Gasteiger partial charge in [0.05, 0.1) is 13.2 Å². The van der Waals surface area contributed by atoms with Crippen molar-refractivity contribution in [2.24, 2.45) is 5.92 Å². The highest BCUT2D eigenvalue weighted by Crippen LogP contribution is 2.09. The normalized spacial score (nSPS) is 10.0. The summed E-state index contributed by atoms with van der Waals surface area (Å²) in [6, 6.07) is 0. The zero-order chi connectivity index (χ0) is 12.6. The third-order valence-corrected chi connectivity index (χ3v) is 1.86. The van der Waals surface area contributed by atoms with E-state index in [1.54, 1.807) is 20.8 Å². The summed E-state index contributed by atoms with van der Waals surface area (Å²) in [5.74, 6) is -3.50. The van der Waals surface area contributed by atoms with Gasteiger partial charge in [0, 0.05) is 6.42 Å². The van der Waals surface area contributed by atoms with Crippen molar-refractivity contribution in [3.8, 4) is 0 Å². The number of Topliss-reactive ketones (excluding diaryl/α,β-unsaturated/α-hetero) is 1. The van der Waals surface area contributed by atoms with Crippen LogP contribution in [-0.4, -0.2) is 30.9 Å². The fourth-order valence-corrected chi connectivity index (χ4v) is 1.20. The molecule has 0 radical (unpaired) electrons. The van der Waals surface area contributed by atoms with Gasteiger partial charge in [-0.05, 0) is 20.3 Å². The van der Waals surface area contributed by atoms with Crippen LogP contribution >= 0.6 is 0 Å². The molecule has 0 aliphatic carbocycles. The average Bonchev–Trinajstić information content (AvgIpc) is 2.19. The van der Waals surface area contributed by atoms with Crippen molar-refractivity contribution in [2.45, 2.75) is 33.6 Å². The third-order valence-electron chi connectivity index (χ3n) is 1.86. The molecule has 0 N–H and O–H groups in total. The Bertz CT molecular complexity index is 216. The molecule has 0 aromatic carbocycles. The Hall–Kier alpha value is -1.39. The van der Waals surface area contributed by atoms with Crippen molar-refractivity contribution >= 4 is 17.7 Å². The molecule has 0 saturated carbocycles. The first kappa shape index (κ1) is 14.6. The van der Waals surface area contributed by atoms with Crippen LogP contribution in [0.5, 0.6) is 0 Å². The number of hydrogen-bond donors (Lipinski definition) is 0. The van der Waals surface area contributed by atoms with Crippen molar-refractivity contribution < 1.29 is 23.9 Å². The van der Waals surface area contributed by atoms with E-state index in [-0.39, 0.29) is 19.6 Å². The molecule has 5 heteroatoms. The van der Waals surface area contributed by atoms with Gasteiger partial charge in [0.1, 0.15) is 0 Å². The lowest BCUT2D eigenvalue weighted by molar-refractivity contribution is -0.164. The second-order valence-corrected chi connectivity index (χ2v) is 3.15. The quantitative estimate of drug-likeness (QED) is 0.484. The molecule has 0 atom stereocenters. The van der Waals surface area contributed by atoms with Crippen molar-refractivity contribution in [1.82, 2.24) is 0 Å². The summed E-state index contributed by atoms with van der Waals surface area (Å²) in [7, 11) is 0. The highest BCUT2D eigenvalue weighted by molar-refractivity contribution is 6.14. The van der Waals surface area contributed by atoms with E-state index in [1.807, 2.05) is 0 Å². The van der Waals surface area contributed by atoms with Gasteiger partial charge in [0.2, 0.25) is 5.92 Å². The first-order chi connectivity index (χ1) is 7.58. The standard InChI is InChI=1S/C11H18O5/c1-4-7-8(12)9(10(13)15-5-2)11(14)16-6-3/h9H,4-7H2,1-3H3. The molecule has 0 rings (SSSR count). The van der Waals surface area contributed by atoms with Crippen molar-refractivity contribution in [3.05, 3.63) is 0 Å². The van der Waals surface area contributed by atoms with Gasteiger partial charge in [-0.25, -0.2) is 0 Å². The van der Waals surface area contributed by atoms with Crippen LogP contribution in [0.25, 0.3) is 0 Å². The fraction of sp³-hybridized carbons (Fsp3) is 0.727. The summed E-state index contributed by atoms with van der Waals surface area (Å²) >= 11 is 0. The van der Waals surface area contributed by atoms with Gasteiger partial charge in [-0.3, -0.25) is 14.4 Å². The van der Waals surface area contributed by atoms with Crippen molar-refractivity contribution in [3.63, 3.8) is 0 Å². The predicted molar refractivity (Wildman–Crippen MR) is 56.7 cm³/mol. The highest BCUT2D eigenvalue weighted by Gasteiger charge is 2.35. The van der Waals surface area contributed by atoms with Crippen LogP contribution in [0.1, 0.15) is 33.6 Å². The molecule has 0 heterocycles. The summed E-state index contributed by atoms with van der Waals surface area (Å²) in [5.41, 5.74) is 0. The van der Waals surface area contributed by atoms with E-state index in [9.17, 15) is 14.4 Å². The Morgan fingerprint density at radius 2 is 1.38 bits per heavy atom. The summed E-state index contributed by atoms with van der Waals surface area (Å²) in [4.78, 5) is 34.4. The lowest BCUT2D eigenvalue weighted by Crippen LogP contribution is -2.34. The van der Waals surface area contributed by atoms with Crippen LogP contribution in [0.4, 0.5) is 0 Å². The molecule has 0 bridgehead atoms. The van der Waals surface area contributed by atoms with E-state index in [0.29, 0.717) is 6.42 Å². The van der Waals surface area contributed by atoms with Crippen LogP contribution in [0.2, 0.25) is 0 Å². The van der Waals surface area contributed by atoms with Gasteiger partial charge < -0.3 is 9.47 Å². The maximum Gasteiger partial charge on any atom is 0.328 e. The van der Waals surface area contributed by atoms with Crippen LogP contribution in [0.3, 0.4) is 0 Å². The molecular weight excluding hydrogens is 212 g/mol. The van der Waals surface area contributed by atoms with Crippen LogP contribution in [0, 0.1) is 5.92 Å². The number of esters is 2. The molecule has 0 aliphatic rings. The van der Waals surface area contributed by atoms with Crippen LogP contribution in [-0.2, 0) is 23.9 Å². The molecule has 16 heavy (non-hydrogen) atoms. The number of ketones is 1. The fourth-order valence-electron chi connectivity index (χ4n) is 1.20. The topological polar surface area (TPSA) is 69.7 Å². The van der Waals surface area contributed by atoms with Gasteiger partial charge in [0.15, 0.2) is 5.78 Å². The lowest BCUT2D eigenvalue weighted by atomic mass is 10.0. The van der Waals surface area contributed by atoms with E-state index < -0.39 is 23.6 Å². The molecule has 0 amide bonds. The molecule has 0 fully saturated rings. The van der Waals surface area contributed by atoms with Gasteiger partial charge in [0.25, 0.3) is 0 Å². The zero-order valence-electron chi connectivity index (χ0n) is 9.95. The molecule has 0 aromatic heterocycles. The minimum Gasteiger partial charge on any atom is -0.465 e. The van der Waals surface area contributed by atoms with Gasteiger partial charge in [-0.1, -0.05) is 6.92 Å². The second kappa shape index (κ2) is 7.84. The van der Waals surface area contributed by atoms with Gasteiger partial charge in [-0.15, -0.1) is 0 Å². The first-order valence-corrected chi connectivity index (χ1v) is 5.44. The third kappa shape index (κ3) is 4.42. The maximum atomic E-state index is 11.6. The molecule has 0 aliphatic heterocycles. The molecule has 0 spiro atoms. The average molecular weight is 230 g/mol. The van der Waals surface area contributed by atoms with Crippen LogP contribution < -0.4 is 0 Å². The minimum atomic E-state index is -1.42. The number of carbonyl (C=O) groups excluding carboxylic acids is 3. The largest absolute Gasteiger partial charge is 0.465 e. The Balaban J connectivity index is 4.68. The predicted octanol–water partition coefficient (Wildman–Crippen LogP) is 1.10. The smallest absolute Gasteiger partial charge is 0.328 e. The van der Waals surface area contributed by atoms with Crippen molar-refractivity contribution in [1.29, 1.82) is 0 Å². The van der Waals surface area contributed by atoms with E-state index in [2.05, 4.69) is 9.47 Å². The molecule has 0 unspecified atom stereocenters. The maximum absolute atomic E-state index is 11.6. The SMILES string of the molecule is CCCC(=O)C(C(=O)OCC)C(=O)OCC. The van der Waals surface area contributed by atoms with Crippen LogP contribution in [0.15, 0.2) is 0 Å². The first-order valence-electron chi connectivity index (χ1n) is 5.44. The molecule has 0 saturated heterocycles. The monoisotopic (exact) mass is 230 g/mol. The molecule has 92 valence electrons. The zero-order valence-corrected chi connectivity index (χ0v) is 9.95. The van der Waals surface area contributed by atoms with E-state index in [0.717, 1.165) is 0 Å². The Kier molecular flexibility index (Phi) is 7.16. The summed E-state index contributed by atoms with van der Waals surface area (Å²) in [5, 5.41) is 0. The van der Waals surface area contributed by atoms with E-state index in [4.69, 9.17) is 0 Å². The number of ether oxygens (including phenoxy) is 2. The van der Waals surface area contributed by atoms with E-state index >= 15 is 0 Å². The van der Waals surface area contributed by atoms with Crippen molar-refractivity contribution in [2.75, 3.05) is 13.2 Å². The number of rotatable bonds is 7. The molecular formula is C11H18O5. The van der Waals surface area contributed by atoms with Gasteiger partial charge in [-0.2, -0.15) is 0 Å². The second-order valence-electron chi connectivity index (χ2n) is 3.15. The number of carbonyl (C=O) groups is 3. The summed E-state index contributed by atoms with van der Waals surface area (Å²) < 4.78 is 9.36. The van der Waals surface area contributed by atoms with E-state index in [1.165, 1.54) is 0 Å².